The van der Waals surface area contributed by atoms with Gasteiger partial charge < -0.3 is 9.32 Å². The molecule has 0 saturated carbocycles. The lowest BCUT2D eigenvalue weighted by Gasteiger charge is -2.13. The third kappa shape index (κ3) is 3.39. The minimum Gasteiger partial charge on any atom is -0.438 e. The highest BCUT2D eigenvalue weighted by molar-refractivity contribution is 9.10. The monoisotopic (exact) mass is 361 g/mol. The molecule has 0 bridgehead atoms. The summed E-state index contributed by atoms with van der Waals surface area (Å²) in [4.78, 5) is 14.0. The average Bonchev–Trinajstić information content (AvgIpc) is 3.17. The SMILES string of the molecule is O=C(N/N=C\c1cc(Br)c(N2CCCC2)o1)c1ccccc1. The summed E-state index contributed by atoms with van der Waals surface area (Å²) in [5.41, 5.74) is 3.05. The highest BCUT2D eigenvalue weighted by Crippen LogP contribution is 2.31. The highest BCUT2D eigenvalue weighted by Gasteiger charge is 2.19. The number of nitrogens with one attached hydrogen (secondary N) is 1. The van der Waals surface area contributed by atoms with Gasteiger partial charge in [-0.25, -0.2) is 5.43 Å². The topological polar surface area (TPSA) is 57.8 Å². The van der Waals surface area contributed by atoms with E-state index in [1.165, 1.54) is 19.1 Å². The van der Waals surface area contributed by atoms with Gasteiger partial charge in [0.25, 0.3) is 5.91 Å². The molecule has 0 aliphatic carbocycles. The van der Waals surface area contributed by atoms with Gasteiger partial charge in [-0.2, -0.15) is 5.10 Å². The largest absolute Gasteiger partial charge is 0.438 e. The third-order valence-electron chi connectivity index (χ3n) is 3.47. The lowest BCUT2D eigenvalue weighted by Crippen LogP contribution is -2.17. The molecule has 22 heavy (non-hydrogen) atoms. The van der Waals surface area contributed by atoms with E-state index in [2.05, 4.69) is 31.4 Å². The van der Waals surface area contributed by atoms with E-state index in [0.717, 1.165) is 23.4 Å². The molecule has 6 heteroatoms. The first-order chi connectivity index (χ1) is 10.7. The molecule has 114 valence electrons. The number of benzene rings is 1. The first kappa shape index (κ1) is 14.8. The molecule has 2 heterocycles. The van der Waals surface area contributed by atoms with Gasteiger partial charge in [0.2, 0.25) is 5.88 Å². The number of nitrogens with zero attached hydrogens (tertiary/aromatic N) is 2. The molecular weight excluding hydrogens is 346 g/mol. The van der Waals surface area contributed by atoms with Gasteiger partial charge in [-0.05, 0) is 40.9 Å². The van der Waals surface area contributed by atoms with Gasteiger partial charge in [0.15, 0.2) is 5.76 Å². The predicted molar refractivity (Wildman–Crippen MR) is 89.4 cm³/mol. The summed E-state index contributed by atoms with van der Waals surface area (Å²) < 4.78 is 6.67. The Morgan fingerprint density at radius 1 is 1.27 bits per heavy atom. The van der Waals surface area contributed by atoms with Gasteiger partial charge >= 0.3 is 0 Å². The van der Waals surface area contributed by atoms with Crippen LogP contribution in [0.25, 0.3) is 0 Å². The first-order valence-electron chi connectivity index (χ1n) is 7.17. The van der Waals surface area contributed by atoms with Crippen LogP contribution < -0.4 is 10.3 Å². The Labute approximate surface area is 137 Å². The lowest BCUT2D eigenvalue weighted by molar-refractivity contribution is 0.0955. The van der Waals surface area contributed by atoms with Crippen molar-refractivity contribution in [2.45, 2.75) is 12.8 Å². The van der Waals surface area contributed by atoms with Crippen LogP contribution in [0.5, 0.6) is 0 Å². The number of furan rings is 1. The van der Waals surface area contributed by atoms with Crippen molar-refractivity contribution in [3.05, 3.63) is 52.2 Å². The van der Waals surface area contributed by atoms with Crippen molar-refractivity contribution in [1.29, 1.82) is 0 Å². The molecule has 0 atom stereocenters. The molecule has 1 saturated heterocycles. The van der Waals surface area contributed by atoms with Gasteiger partial charge in [-0.3, -0.25) is 4.79 Å². The minimum atomic E-state index is -0.248. The second-order valence-electron chi connectivity index (χ2n) is 5.06. The van der Waals surface area contributed by atoms with Crippen LogP contribution in [0.1, 0.15) is 29.0 Å². The molecule has 1 amide bonds. The number of anilines is 1. The van der Waals surface area contributed by atoms with E-state index in [4.69, 9.17) is 4.42 Å². The zero-order valence-corrected chi connectivity index (χ0v) is 13.5. The van der Waals surface area contributed by atoms with Crippen LogP contribution in [0.2, 0.25) is 0 Å². The van der Waals surface area contributed by atoms with Crippen LogP contribution in [-0.4, -0.2) is 25.2 Å². The standard InChI is InChI=1S/C16H16BrN3O2/c17-14-10-13(22-16(14)20-8-4-5-9-20)11-18-19-15(21)12-6-2-1-3-7-12/h1-3,6-7,10-11H,4-5,8-9H2,(H,19,21)/b18-11-. The number of halogens is 1. The molecule has 1 N–H and O–H groups in total. The quantitative estimate of drug-likeness (QED) is 0.670. The Hall–Kier alpha value is -2.08. The number of carbonyl (C=O) groups is 1. The number of hydrogen-bond acceptors (Lipinski definition) is 4. The number of amides is 1. The van der Waals surface area contributed by atoms with Crippen molar-refractivity contribution in [2.75, 3.05) is 18.0 Å². The van der Waals surface area contributed by atoms with Crippen molar-refractivity contribution < 1.29 is 9.21 Å². The fourth-order valence-corrected chi connectivity index (χ4v) is 2.94. The minimum absolute atomic E-state index is 0.248. The summed E-state index contributed by atoms with van der Waals surface area (Å²) in [6.45, 7) is 2.01. The van der Waals surface area contributed by atoms with Gasteiger partial charge in [0, 0.05) is 24.7 Å². The maximum Gasteiger partial charge on any atom is 0.271 e. The van der Waals surface area contributed by atoms with Crippen molar-refractivity contribution >= 4 is 33.9 Å². The van der Waals surface area contributed by atoms with Crippen LogP contribution in [-0.2, 0) is 0 Å². The van der Waals surface area contributed by atoms with E-state index in [9.17, 15) is 4.79 Å². The predicted octanol–water partition coefficient (Wildman–Crippen LogP) is 3.41. The number of hydrazone groups is 1. The highest BCUT2D eigenvalue weighted by atomic mass is 79.9. The molecule has 1 aromatic heterocycles. The van der Waals surface area contributed by atoms with Crippen LogP contribution in [0.3, 0.4) is 0 Å². The van der Waals surface area contributed by atoms with Crippen LogP contribution in [0, 0.1) is 0 Å². The molecule has 0 radical (unpaired) electrons. The normalized spacial score (nSPS) is 14.7. The van der Waals surface area contributed by atoms with Crippen LogP contribution in [0.15, 0.2) is 50.4 Å². The first-order valence-corrected chi connectivity index (χ1v) is 7.96. The average molecular weight is 362 g/mol. The maximum atomic E-state index is 11.8. The fourth-order valence-electron chi connectivity index (χ4n) is 2.38. The van der Waals surface area contributed by atoms with E-state index < -0.39 is 0 Å². The van der Waals surface area contributed by atoms with Crippen molar-refractivity contribution in [1.82, 2.24) is 5.43 Å². The maximum absolute atomic E-state index is 11.8. The molecule has 1 aliphatic heterocycles. The Morgan fingerprint density at radius 2 is 2.00 bits per heavy atom. The van der Waals surface area contributed by atoms with Gasteiger partial charge in [0.05, 0.1) is 10.7 Å². The van der Waals surface area contributed by atoms with E-state index in [0.29, 0.717) is 11.3 Å². The number of hydrogen-bond donors (Lipinski definition) is 1. The van der Waals surface area contributed by atoms with Gasteiger partial charge in [-0.1, -0.05) is 18.2 Å². The molecule has 1 fully saturated rings. The van der Waals surface area contributed by atoms with E-state index in [1.54, 1.807) is 12.1 Å². The van der Waals surface area contributed by atoms with Crippen molar-refractivity contribution in [3.8, 4) is 0 Å². The summed E-state index contributed by atoms with van der Waals surface area (Å²) in [6.07, 6.45) is 3.87. The molecule has 1 aromatic carbocycles. The summed E-state index contributed by atoms with van der Waals surface area (Å²) in [5.74, 6) is 1.18. The van der Waals surface area contributed by atoms with Crippen molar-refractivity contribution in [2.24, 2.45) is 5.10 Å². The molecule has 2 aromatic rings. The summed E-state index contributed by atoms with van der Waals surface area (Å²) in [6, 6.07) is 10.8. The number of rotatable bonds is 4. The van der Waals surface area contributed by atoms with Crippen LogP contribution >= 0.6 is 15.9 Å². The Kier molecular flexibility index (Phi) is 4.58. The van der Waals surface area contributed by atoms with Crippen molar-refractivity contribution in [3.63, 3.8) is 0 Å². The lowest BCUT2D eigenvalue weighted by atomic mass is 10.2. The van der Waals surface area contributed by atoms with E-state index >= 15 is 0 Å². The molecule has 5 nitrogen and oxygen atoms in total. The zero-order chi connectivity index (χ0) is 15.4. The van der Waals surface area contributed by atoms with Gasteiger partial charge in [-0.15, -0.1) is 0 Å². The van der Waals surface area contributed by atoms with Gasteiger partial charge in [0.1, 0.15) is 0 Å². The number of carbonyl (C=O) groups excluding carboxylic acids is 1. The van der Waals surface area contributed by atoms with E-state index in [-0.39, 0.29) is 5.91 Å². The van der Waals surface area contributed by atoms with Crippen LogP contribution in [0.4, 0.5) is 5.88 Å². The summed E-state index contributed by atoms with van der Waals surface area (Å²) in [7, 11) is 0. The molecule has 0 spiro atoms. The molecule has 1 aliphatic rings. The third-order valence-corrected chi connectivity index (χ3v) is 4.04. The molecule has 0 unspecified atom stereocenters. The Bertz CT molecular complexity index is 676. The summed E-state index contributed by atoms with van der Waals surface area (Å²) in [5, 5.41) is 3.94. The molecule has 3 rings (SSSR count). The molecular formula is C16H16BrN3O2. The van der Waals surface area contributed by atoms with E-state index in [1.807, 2.05) is 24.3 Å². The Morgan fingerprint density at radius 3 is 2.73 bits per heavy atom. The second kappa shape index (κ2) is 6.79. The summed E-state index contributed by atoms with van der Waals surface area (Å²) >= 11 is 3.50. The zero-order valence-electron chi connectivity index (χ0n) is 12.0. The fraction of sp³-hybridized carbons (Fsp3) is 0.250. The Balaban J connectivity index is 1.63. The second-order valence-corrected chi connectivity index (χ2v) is 5.92. The smallest absolute Gasteiger partial charge is 0.271 e.